The van der Waals surface area contributed by atoms with E-state index in [0.717, 1.165) is 0 Å². The Morgan fingerprint density at radius 3 is 1.00 bits per heavy atom. The fourth-order valence-corrected chi connectivity index (χ4v) is 0. The predicted molar refractivity (Wildman–Crippen MR) is 0 cm³/mol. The minimum absolute atomic E-state index is 0. The van der Waals surface area contributed by atoms with Crippen molar-refractivity contribution >= 4 is 0 Å². The fourth-order valence-electron chi connectivity index (χ4n) is 0. The van der Waals surface area contributed by atoms with E-state index in [1.807, 2.05) is 0 Å². The van der Waals surface area contributed by atoms with Crippen molar-refractivity contribution < 1.29 is 91.4 Å². The van der Waals surface area contributed by atoms with Crippen LogP contribution in [0.15, 0.2) is 0 Å². The summed E-state index contributed by atoms with van der Waals surface area (Å²) in [6, 6.07) is 0. The molecule has 0 spiro atoms. The first-order valence-corrected chi connectivity index (χ1v) is 0. The molecule has 0 heterocycles. The molecule has 1 radical (unpaired) electrons. The summed E-state index contributed by atoms with van der Waals surface area (Å²) in [5.74, 6) is 0. The average Bonchev–Trinajstić information content (AvgIpc) is 0. The van der Waals surface area contributed by atoms with Gasteiger partial charge in [-0.05, 0) is 0 Å². The molecule has 4 heavy (non-hydrogen) atoms. The van der Waals surface area contributed by atoms with E-state index in [1.165, 1.54) is 0 Å². The van der Waals surface area contributed by atoms with E-state index in [0.29, 0.717) is 0 Å². The Balaban J connectivity index is 0. The first-order valence-electron chi connectivity index (χ1n) is 0. The van der Waals surface area contributed by atoms with Crippen LogP contribution in [0.1, 0.15) is 0 Å². The molecule has 0 aromatic heterocycles. The maximum Gasteiger partial charge on any atom is 0 e. The summed E-state index contributed by atoms with van der Waals surface area (Å²) in [5, 5.41) is 0. The monoisotopic (exact) mass is 415 g/mol. The Hall–Kier alpha value is 3.03. The van der Waals surface area contributed by atoms with Crippen LogP contribution >= 0.6 is 0 Å². The van der Waals surface area contributed by atoms with Crippen molar-refractivity contribution in [3.05, 3.63) is 0 Å². The molecule has 0 aliphatic rings. The molecule has 0 fully saturated rings. The molecule has 0 aromatic rings. The third-order valence-electron chi connectivity index (χ3n) is 0. The van der Waals surface area contributed by atoms with Gasteiger partial charge in [0.2, 0.25) is 0 Å². The van der Waals surface area contributed by atoms with Gasteiger partial charge in [-0.2, -0.15) is 0 Å². The maximum absolute atomic E-state index is 0. The van der Waals surface area contributed by atoms with E-state index in [1.54, 1.807) is 0 Å². The molecule has 0 saturated heterocycles. The van der Waals surface area contributed by atoms with Crippen LogP contribution in [-0.4, -0.2) is 0 Å². The molecule has 0 atom stereocenters. The zero-order chi connectivity index (χ0) is 0. The summed E-state index contributed by atoms with van der Waals surface area (Å²) in [6.45, 7) is 0. The van der Waals surface area contributed by atoms with Gasteiger partial charge in [0.1, 0.15) is 0 Å². The van der Waals surface area contributed by atoms with Crippen molar-refractivity contribution in [2.45, 2.75) is 0 Å². The summed E-state index contributed by atoms with van der Waals surface area (Å²) in [4.78, 5) is 0. The molecular weight excluding hydrogens is 416 g/mol. The van der Waals surface area contributed by atoms with Crippen LogP contribution in [0, 0.1) is 0 Å². The second-order valence-electron chi connectivity index (χ2n) is 0. The fraction of sp³-hybridized carbons (Fsp3) is 0. The van der Waals surface area contributed by atoms with E-state index in [2.05, 4.69) is 0 Å². The molecular formula is NbTiWZr. The molecule has 19 valence electrons. The first kappa shape index (κ1) is 27.9. The molecule has 0 bridgehead atoms. The molecule has 0 rings (SSSR count). The molecule has 0 aromatic carbocycles. The minimum atomic E-state index is 0. The predicted octanol–water partition coefficient (Wildman–Crippen LogP) is -0.0100. The van der Waals surface area contributed by atoms with E-state index >= 15 is 0 Å². The molecule has 0 aliphatic heterocycles. The van der Waals surface area contributed by atoms with E-state index in [4.69, 9.17) is 0 Å². The molecule has 0 saturated carbocycles. The summed E-state index contributed by atoms with van der Waals surface area (Å²) in [7, 11) is 0. The van der Waals surface area contributed by atoms with E-state index in [-0.39, 0.29) is 91.4 Å². The van der Waals surface area contributed by atoms with Crippen molar-refractivity contribution in [3.63, 3.8) is 0 Å². The molecule has 0 aliphatic carbocycles. The standard InChI is InChI=1S/Nb.Ti.W.Zr. The van der Waals surface area contributed by atoms with Gasteiger partial charge >= 0.3 is 0 Å². The van der Waals surface area contributed by atoms with Crippen molar-refractivity contribution in [2.24, 2.45) is 0 Å². The van der Waals surface area contributed by atoms with Crippen molar-refractivity contribution in [3.8, 4) is 0 Å². The van der Waals surface area contributed by atoms with E-state index < -0.39 is 0 Å². The van der Waals surface area contributed by atoms with Crippen LogP contribution in [0.5, 0.6) is 0 Å². The van der Waals surface area contributed by atoms with Crippen LogP contribution in [0.2, 0.25) is 0 Å². The van der Waals surface area contributed by atoms with Gasteiger partial charge in [0.25, 0.3) is 0 Å². The number of rotatable bonds is 0. The Labute approximate surface area is 89.6 Å². The zero-order valence-electron chi connectivity index (χ0n) is 1.86. The Kier molecular flexibility index (Phi) is 116. The van der Waals surface area contributed by atoms with E-state index in [9.17, 15) is 0 Å². The summed E-state index contributed by atoms with van der Waals surface area (Å²) < 4.78 is 0. The van der Waals surface area contributed by atoms with Crippen LogP contribution in [0.25, 0.3) is 0 Å². The summed E-state index contributed by atoms with van der Waals surface area (Å²) in [6.07, 6.45) is 0. The topological polar surface area (TPSA) is 0 Å². The Morgan fingerprint density at radius 1 is 1.00 bits per heavy atom. The second kappa shape index (κ2) is 16.6. The Morgan fingerprint density at radius 2 is 1.00 bits per heavy atom. The molecule has 0 amide bonds. The first-order chi connectivity index (χ1) is 0. The third kappa shape index (κ3) is 8.90. The maximum atomic E-state index is 0. The molecule has 0 N–H and O–H groups in total. The van der Waals surface area contributed by atoms with Crippen LogP contribution in [-0.2, 0) is 91.4 Å². The van der Waals surface area contributed by atoms with Crippen molar-refractivity contribution in [1.82, 2.24) is 0 Å². The largest absolute Gasteiger partial charge is 0 e. The van der Waals surface area contributed by atoms with Crippen LogP contribution in [0.4, 0.5) is 0 Å². The van der Waals surface area contributed by atoms with Crippen LogP contribution < -0.4 is 0 Å². The van der Waals surface area contributed by atoms with Gasteiger partial charge in [-0.25, -0.2) is 0 Å². The van der Waals surface area contributed by atoms with Gasteiger partial charge in [0.15, 0.2) is 0 Å². The molecule has 0 unspecified atom stereocenters. The SMILES string of the molecule is [Nb].[Ti].[W].[Zr]. The summed E-state index contributed by atoms with van der Waals surface area (Å²) in [5.41, 5.74) is 0. The second-order valence-corrected chi connectivity index (χ2v) is 0. The molecule has 4 heteroatoms. The normalized spacial score (nSPS) is 0. The number of hydrogen-bond donors (Lipinski definition) is 0. The van der Waals surface area contributed by atoms with Crippen LogP contribution in [0.3, 0.4) is 0 Å². The van der Waals surface area contributed by atoms with Crippen molar-refractivity contribution in [1.29, 1.82) is 0 Å². The number of hydrogen-bond acceptors (Lipinski definition) is 0. The quantitative estimate of drug-likeness (QED) is 0.488. The van der Waals surface area contributed by atoms with Crippen molar-refractivity contribution in [2.75, 3.05) is 0 Å². The third-order valence-corrected chi connectivity index (χ3v) is 0. The zero-order valence-corrected chi connectivity index (χ0v) is 11.0. The summed E-state index contributed by atoms with van der Waals surface area (Å²) >= 11 is 0. The van der Waals surface area contributed by atoms with Gasteiger partial charge in [-0.3, -0.25) is 0 Å². The molecule has 0 nitrogen and oxygen atoms in total. The Bertz CT molecular complexity index is 8.00. The van der Waals surface area contributed by atoms with Gasteiger partial charge in [0, 0.05) is 91.4 Å². The average molecular weight is 416 g/mol. The van der Waals surface area contributed by atoms with Gasteiger partial charge < -0.3 is 0 Å². The van der Waals surface area contributed by atoms with Gasteiger partial charge in [-0.15, -0.1) is 0 Å². The smallest absolute Gasteiger partial charge is 0 e. The minimum Gasteiger partial charge on any atom is 0 e. The van der Waals surface area contributed by atoms with Gasteiger partial charge in [-0.1, -0.05) is 0 Å². The van der Waals surface area contributed by atoms with Gasteiger partial charge in [0.05, 0.1) is 0 Å².